The molecule has 0 atom stereocenters. The molecule has 0 aromatic carbocycles. The maximum Gasteiger partial charge on any atom is 0.322 e. The summed E-state index contributed by atoms with van der Waals surface area (Å²) in [4.78, 5) is 15.1. The molecule has 0 radical (unpaired) electrons. The lowest BCUT2D eigenvalue weighted by molar-refractivity contribution is 0.378. The molecule has 1 N–H and O–H groups in total. The number of rotatable bonds is 5. The minimum absolute atomic E-state index is 0.372. The van der Waals surface area contributed by atoms with Gasteiger partial charge in [-0.1, -0.05) is 6.92 Å². The maximum atomic E-state index is 5.13. The number of hydrogen-bond donors (Lipinski definition) is 1. The normalized spacial score (nSPS) is 15.6. The van der Waals surface area contributed by atoms with Gasteiger partial charge in [-0.2, -0.15) is 26.7 Å². The Kier molecular flexibility index (Phi) is 4.86. The molecule has 1 aromatic heterocycles. The highest BCUT2D eigenvalue weighted by atomic mass is 32.2. The lowest BCUT2D eigenvalue weighted by atomic mass is 10.5. The fourth-order valence-corrected chi connectivity index (χ4v) is 2.56. The Hall–Kier alpha value is -1.24. The number of thioether (sulfide) groups is 1. The Balaban J connectivity index is 2.16. The predicted molar refractivity (Wildman–Crippen MR) is 74.7 cm³/mol. The third kappa shape index (κ3) is 3.38. The van der Waals surface area contributed by atoms with Crippen molar-refractivity contribution in [3.05, 3.63) is 0 Å². The van der Waals surface area contributed by atoms with Gasteiger partial charge >= 0.3 is 6.01 Å². The average molecular weight is 269 g/mol. The maximum absolute atomic E-state index is 5.13. The summed E-state index contributed by atoms with van der Waals surface area (Å²) in [6.45, 7) is 4.91. The van der Waals surface area contributed by atoms with Crippen molar-refractivity contribution in [2.75, 3.05) is 48.5 Å². The molecule has 0 spiro atoms. The minimum atomic E-state index is 0.372. The molecule has 1 aromatic rings. The molecule has 1 saturated heterocycles. The number of hydrogen-bond acceptors (Lipinski definition) is 7. The highest BCUT2D eigenvalue weighted by molar-refractivity contribution is 7.99. The van der Waals surface area contributed by atoms with Gasteiger partial charge in [0.05, 0.1) is 7.11 Å². The van der Waals surface area contributed by atoms with Crippen molar-refractivity contribution in [3.63, 3.8) is 0 Å². The average Bonchev–Trinajstić information content (AvgIpc) is 2.45. The molecule has 18 heavy (non-hydrogen) atoms. The Bertz CT molecular complexity index is 384. The van der Waals surface area contributed by atoms with Crippen LogP contribution in [0.5, 0.6) is 6.01 Å². The number of nitrogens with one attached hydrogen (secondary N) is 1. The van der Waals surface area contributed by atoms with Gasteiger partial charge in [0.15, 0.2) is 0 Å². The zero-order chi connectivity index (χ0) is 12.8. The van der Waals surface area contributed by atoms with E-state index >= 15 is 0 Å². The van der Waals surface area contributed by atoms with Crippen LogP contribution in [-0.4, -0.2) is 53.2 Å². The van der Waals surface area contributed by atoms with E-state index in [1.54, 1.807) is 7.11 Å². The van der Waals surface area contributed by atoms with Gasteiger partial charge in [-0.15, -0.1) is 0 Å². The predicted octanol–water partition coefficient (Wildman–Crippen LogP) is 1.26. The van der Waals surface area contributed by atoms with Gasteiger partial charge in [-0.25, -0.2) is 0 Å². The van der Waals surface area contributed by atoms with Gasteiger partial charge in [-0.3, -0.25) is 0 Å². The molecule has 100 valence electrons. The van der Waals surface area contributed by atoms with E-state index in [0.29, 0.717) is 17.9 Å². The van der Waals surface area contributed by atoms with E-state index in [1.165, 1.54) is 0 Å². The lowest BCUT2D eigenvalue weighted by Crippen LogP contribution is -2.34. The first-order valence-corrected chi connectivity index (χ1v) is 7.35. The molecular weight excluding hydrogens is 250 g/mol. The van der Waals surface area contributed by atoms with Crippen LogP contribution in [0.15, 0.2) is 0 Å². The van der Waals surface area contributed by atoms with Crippen LogP contribution in [0.1, 0.15) is 13.3 Å². The second-order valence-corrected chi connectivity index (χ2v) is 5.20. The topological polar surface area (TPSA) is 63.2 Å². The van der Waals surface area contributed by atoms with Crippen molar-refractivity contribution in [2.24, 2.45) is 0 Å². The zero-order valence-corrected chi connectivity index (χ0v) is 11.7. The second-order valence-electron chi connectivity index (χ2n) is 3.97. The van der Waals surface area contributed by atoms with E-state index in [4.69, 9.17) is 4.74 Å². The fourth-order valence-electron chi connectivity index (χ4n) is 1.66. The summed E-state index contributed by atoms with van der Waals surface area (Å²) in [6.07, 6.45) is 1.03. The van der Waals surface area contributed by atoms with Crippen LogP contribution in [0.2, 0.25) is 0 Å². The number of ether oxygens (including phenoxy) is 1. The summed E-state index contributed by atoms with van der Waals surface area (Å²) >= 11 is 1.96. The molecule has 0 aliphatic carbocycles. The van der Waals surface area contributed by atoms with E-state index in [1.807, 2.05) is 11.8 Å². The van der Waals surface area contributed by atoms with Crippen LogP contribution in [0.25, 0.3) is 0 Å². The summed E-state index contributed by atoms with van der Waals surface area (Å²) in [7, 11) is 1.58. The van der Waals surface area contributed by atoms with Crippen LogP contribution in [0.3, 0.4) is 0 Å². The molecule has 0 amide bonds. The van der Waals surface area contributed by atoms with Crippen LogP contribution in [0.4, 0.5) is 11.9 Å². The smallest absolute Gasteiger partial charge is 0.322 e. The number of methoxy groups -OCH3 is 1. The molecule has 1 fully saturated rings. The molecule has 1 aliphatic heterocycles. The molecule has 2 heterocycles. The van der Waals surface area contributed by atoms with Crippen LogP contribution < -0.4 is 15.0 Å². The van der Waals surface area contributed by atoms with Crippen LogP contribution >= 0.6 is 11.8 Å². The Morgan fingerprint density at radius 3 is 2.72 bits per heavy atom. The largest absolute Gasteiger partial charge is 0.467 e. The van der Waals surface area contributed by atoms with Gasteiger partial charge in [0.2, 0.25) is 11.9 Å². The van der Waals surface area contributed by atoms with Gasteiger partial charge in [-0.05, 0) is 6.42 Å². The second kappa shape index (κ2) is 6.63. The van der Waals surface area contributed by atoms with E-state index in [9.17, 15) is 0 Å². The Morgan fingerprint density at radius 2 is 2.06 bits per heavy atom. The minimum Gasteiger partial charge on any atom is -0.467 e. The van der Waals surface area contributed by atoms with Gasteiger partial charge in [0, 0.05) is 31.1 Å². The first-order chi connectivity index (χ1) is 8.83. The molecule has 7 heteroatoms. The van der Waals surface area contributed by atoms with Crippen molar-refractivity contribution in [1.29, 1.82) is 0 Å². The summed E-state index contributed by atoms with van der Waals surface area (Å²) in [5.41, 5.74) is 0. The third-order valence-electron chi connectivity index (χ3n) is 2.61. The van der Waals surface area contributed by atoms with Gasteiger partial charge in [0.25, 0.3) is 0 Å². The van der Waals surface area contributed by atoms with Crippen LogP contribution in [0, 0.1) is 0 Å². The van der Waals surface area contributed by atoms with Crippen molar-refractivity contribution < 1.29 is 4.74 Å². The van der Waals surface area contributed by atoms with Gasteiger partial charge < -0.3 is 15.0 Å². The number of aromatic nitrogens is 3. The fraction of sp³-hybridized carbons (Fsp3) is 0.727. The Labute approximate surface area is 112 Å². The summed E-state index contributed by atoms with van der Waals surface area (Å²) < 4.78 is 5.13. The van der Waals surface area contributed by atoms with E-state index in [-0.39, 0.29) is 0 Å². The molecule has 0 unspecified atom stereocenters. The van der Waals surface area contributed by atoms with Crippen molar-refractivity contribution >= 4 is 23.7 Å². The summed E-state index contributed by atoms with van der Waals surface area (Å²) in [6, 6.07) is 0.372. The lowest BCUT2D eigenvalue weighted by Gasteiger charge is -2.26. The number of nitrogens with zero attached hydrogens (tertiary/aromatic N) is 4. The molecule has 2 rings (SSSR count). The molecule has 0 bridgehead atoms. The zero-order valence-electron chi connectivity index (χ0n) is 10.8. The molecule has 6 nitrogen and oxygen atoms in total. The monoisotopic (exact) mass is 269 g/mol. The standard InChI is InChI=1S/C11H19N5OS/c1-3-4-12-9-13-10(15-11(14-9)17-2)16-5-7-18-8-6-16/h3-8H2,1-2H3,(H,12,13,14,15). The van der Waals surface area contributed by atoms with E-state index < -0.39 is 0 Å². The third-order valence-corrected chi connectivity index (χ3v) is 3.56. The number of anilines is 2. The quantitative estimate of drug-likeness (QED) is 0.863. The highest BCUT2D eigenvalue weighted by Gasteiger charge is 2.16. The van der Waals surface area contributed by atoms with Crippen molar-refractivity contribution in [3.8, 4) is 6.01 Å². The van der Waals surface area contributed by atoms with E-state index in [2.05, 4.69) is 32.1 Å². The van der Waals surface area contributed by atoms with Crippen molar-refractivity contribution in [1.82, 2.24) is 15.0 Å². The first-order valence-electron chi connectivity index (χ1n) is 6.20. The summed E-state index contributed by atoms with van der Waals surface area (Å²) in [5, 5.41) is 3.17. The van der Waals surface area contributed by atoms with Gasteiger partial charge in [0.1, 0.15) is 0 Å². The molecule has 0 saturated carbocycles. The summed E-state index contributed by atoms with van der Waals surface area (Å²) in [5.74, 6) is 3.54. The Morgan fingerprint density at radius 1 is 1.28 bits per heavy atom. The van der Waals surface area contributed by atoms with E-state index in [0.717, 1.165) is 37.6 Å². The highest BCUT2D eigenvalue weighted by Crippen LogP contribution is 2.18. The van der Waals surface area contributed by atoms with Crippen LogP contribution in [-0.2, 0) is 0 Å². The SMILES string of the molecule is CCCNc1nc(OC)nc(N2CCSCC2)n1. The molecular formula is C11H19N5OS. The van der Waals surface area contributed by atoms with Crippen molar-refractivity contribution in [2.45, 2.75) is 13.3 Å². The molecule has 1 aliphatic rings. The first kappa shape index (κ1) is 13.2.